The van der Waals surface area contributed by atoms with Crippen molar-refractivity contribution in [2.75, 3.05) is 17.2 Å². The number of aromatic hydroxyl groups is 4. The van der Waals surface area contributed by atoms with Gasteiger partial charge in [-0.1, -0.05) is 34.3 Å². The van der Waals surface area contributed by atoms with Crippen molar-refractivity contribution < 1.29 is 44.8 Å². The van der Waals surface area contributed by atoms with Gasteiger partial charge >= 0.3 is 5.97 Å². The lowest BCUT2D eigenvalue weighted by Crippen LogP contribution is -2.71. The van der Waals surface area contributed by atoms with Crippen LogP contribution in [0.5, 0.6) is 23.0 Å². The van der Waals surface area contributed by atoms with Crippen molar-refractivity contribution in [1.82, 2.24) is 25.4 Å². The highest BCUT2D eigenvalue weighted by Gasteiger charge is 2.54. The number of nitrogens with one attached hydrogen (secondary N) is 1. The normalized spacial score (nSPS) is 17.5. The number of anilines is 1. The minimum atomic E-state index is -1.30. The van der Waals surface area contributed by atoms with Gasteiger partial charge in [0.15, 0.2) is 26.7 Å². The molecule has 0 spiro atoms. The lowest BCUT2D eigenvalue weighted by atomic mass is 10.0. The molecule has 1 saturated heterocycles. The quantitative estimate of drug-likeness (QED) is 0.0385. The minimum absolute atomic E-state index is 0.0922. The second-order valence-electron chi connectivity index (χ2n) is 10.1. The van der Waals surface area contributed by atoms with Crippen LogP contribution in [-0.4, -0.2) is 92.0 Å². The van der Waals surface area contributed by atoms with Crippen molar-refractivity contribution in [2.24, 2.45) is 5.16 Å². The van der Waals surface area contributed by atoms with Crippen molar-refractivity contribution in [3.63, 3.8) is 0 Å². The molecule has 8 N–H and O–H groups in total. The lowest BCUT2D eigenvalue weighted by Gasteiger charge is -2.49. The summed E-state index contributed by atoms with van der Waals surface area (Å²) in [6, 6.07) is 7.01. The number of nitrogens with zero attached hydrogens (tertiary/aromatic N) is 5. The molecule has 248 valence electrons. The Morgan fingerprint density at radius 1 is 1.10 bits per heavy atom. The summed E-state index contributed by atoms with van der Waals surface area (Å²) in [5.74, 6) is -3.21. The Bertz CT molecular complexity index is 1980. The number of carbonyl (C=O) groups is 3. The number of thioether (sulfide) groups is 2. The van der Waals surface area contributed by atoms with E-state index in [0.29, 0.717) is 26.0 Å². The van der Waals surface area contributed by atoms with E-state index in [1.807, 2.05) is 0 Å². The van der Waals surface area contributed by atoms with Crippen molar-refractivity contribution in [3.8, 4) is 33.6 Å². The molecule has 2 aromatic carbocycles. The van der Waals surface area contributed by atoms with Gasteiger partial charge in [0.25, 0.3) is 11.8 Å². The molecule has 0 bridgehead atoms. The number of nitrogen functional groups attached to an aromatic ring is 1. The lowest BCUT2D eigenvalue weighted by molar-refractivity contribution is -0.150. The number of β-lactam (4-membered cyclic amide) rings is 1. The average molecular weight is 730 g/mol. The number of carboxylic acid groups (broad SMARTS) is 1. The number of nitrogens with two attached hydrogens (primary N) is 1. The van der Waals surface area contributed by atoms with Gasteiger partial charge in [0.2, 0.25) is 0 Å². The first kappa shape index (κ1) is 32.9. The first-order valence-corrected chi connectivity index (χ1v) is 17.3. The number of hydrogen-bond acceptors (Lipinski definition) is 17. The molecule has 0 radical (unpaired) electrons. The van der Waals surface area contributed by atoms with Crippen LogP contribution >= 0.6 is 46.2 Å². The number of benzene rings is 2. The fourth-order valence-electron chi connectivity index (χ4n) is 4.69. The highest BCUT2D eigenvalue weighted by Crippen LogP contribution is 2.42. The van der Waals surface area contributed by atoms with E-state index in [4.69, 9.17) is 10.6 Å². The zero-order valence-electron chi connectivity index (χ0n) is 24.1. The van der Waals surface area contributed by atoms with Crippen LogP contribution in [0.1, 0.15) is 11.3 Å². The van der Waals surface area contributed by atoms with Gasteiger partial charge < -0.3 is 41.4 Å². The van der Waals surface area contributed by atoms with Gasteiger partial charge in [0.05, 0.1) is 0 Å². The maximum absolute atomic E-state index is 13.4. The van der Waals surface area contributed by atoms with Crippen LogP contribution in [0, 0.1) is 0 Å². The number of fused-ring (bicyclic) bond motifs is 1. The standard InChI is InChI=1S/C28H23N7O9S4/c29-27-30-16(10-46-27)19(34-44-7-11-1-2-17(38)18(39)3-11)22(40)31-20-24(41)35-21(26(42)43)13(8-45-25(20)35)9-47-28-33-32-23(48-28)12-4-14(36)6-15(37)5-12/h1-6,10,20,25,36-39H,7-9H2,(H2,29,30)(H,31,40)(H,42,43)/b34-19-/t20-,25-/m1/s1. The van der Waals surface area contributed by atoms with Crippen molar-refractivity contribution in [1.29, 1.82) is 0 Å². The topological polar surface area (TPSA) is 254 Å². The number of phenols is 4. The van der Waals surface area contributed by atoms with E-state index in [1.165, 1.54) is 76.6 Å². The fourth-order valence-corrected chi connectivity index (χ4v) is 8.56. The van der Waals surface area contributed by atoms with E-state index >= 15 is 0 Å². The van der Waals surface area contributed by atoms with Crippen LogP contribution in [0.15, 0.2) is 62.5 Å². The summed E-state index contributed by atoms with van der Waals surface area (Å²) in [5, 5.41) is 64.9. The van der Waals surface area contributed by atoms with Gasteiger partial charge in [-0.15, -0.1) is 33.3 Å². The molecule has 0 aliphatic carbocycles. The largest absolute Gasteiger partial charge is 0.508 e. The molecule has 2 aromatic heterocycles. The molecule has 16 nitrogen and oxygen atoms in total. The summed E-state index contributed by atoms with van der Waals surface area (Å²) in [6.45, 7) is -0.176. The molecule has 2 atom stereocenters. The van der Waals surface area contributed by atoms with Crippen LogP contribution in [0.4, 0.5) is 5.13 Å². The number of carbonyl (C=O) groups excluding carboxylic acids is 2. The Labute approximate surface area is 286 Å². The van der Waals surface area contributed by atoms with E-state index in [0.717, 1.165) is 16.2 Å². The number of phenolic OH excluding ortho intramolecular Hbond substituents is 4. The number of rotatable bonds is 11. The Morgan fingerprint density at radius 2 is 1.88 bits per heavy atom. The third kappa shape index (κ3) is 6.81. The van der Waals surface area contributed by atoms with E-state index in [2.05, 4.69) is 25.7 Å². The third-order valence-corrected chi connectivity index (χ3v) is 11.1. The van der Waals surface area contributed by atoms with Crippen LogP contribution in [0.3, 0.4) is 0 Å². The zero-order chi connectivity index (χ0) is 34.1. The summed E-state index contributed by atoms with van der Waals surface area (Å²) >= 11 is 4.76. The van der Waals surface area contributed by atoms with E-state index in [9.17, 15) is 39.9 Å². The SMILES string of the molecule is Nc1nc(/C(=N/OCc2ccc(O)c(O)c2)C(=O)N[C@@H]2C(=O)N3C(C(=O)O)=C(CSc4nnc(-c5cc(O)cc(O)c5)s4)CS[C@H]23)cs1. The molecular formula is C28H23N7O9S4. The molecule has 20 heteroatoms. The minimum Gasteiger partial charge on any atom is -0.508 e. The van der Waals surface area contributed by atoms with Crippen molar-refractivity contribution >= 4 is 74.8 Å². The number of hydrogen-bond donors (Lipinski definition) is 7. The Morgan fingerprint density at radius 3 is 2.56 bits per heavy atom. The predicted octanol–water partition coefficient (Wildman–Crippen LogP) is 2.52. The number of oxime groups is 1. The third-order valence-electron chi connectivity index (χ3n) is 6.87. The molecule has 6 rings (SSSR count). The van der Waals surface area contributed by atoms with Gasteiger partial charge in [-0.2, -0.15) is 0 Å². The average Bonchev–Trinajstić information content (AvgIpc) is 3.70. The zero-order valence-corrected chi connectivity index (χ0v) is 27.4. The highest BCUT2D eigenvalue weighted by molar-refractivity contribution is 8.01. The second kappa shape index (κ2) is 13.6. The van der Waals surface area contributed by atoms with E-state index < -0.39 is 29.2 Å². The maximum Gasteiger partial charge on any atom is 0.352 e. The maximum atomic E-state index is 13.4. The Hall–Kier alpha value is -5.05. The molecule has 4 heterocycles. The number of aliphatic carboxylic acids is 1. The molecule has 2 amide bonds. The fraction of sp³-hybridized carbons (Fsp3) is 0.179. The Kier molecular flexibility index (Phi) is 9.31. The molecule has 2 aliphatic rings. The smallest absolute Gasteiger partial charge is 0.352 e. The number of carboxylic acids is 1. The van der Waals surface area contributed by atoms with Gasteiger partial charge in [-0.25, -0.2) is 9.78 Å². The highest BCUT2D eigenvalue weighted by atomic mass is 32.2. The van der Waals surface area contributed by atoms with Gasteiger partial charge in [-0.05, 0) is 35.4 Å². The van der Waals surface area contributed by atoms with Gasteiger partial charge in [-0.3, -0.25) is 14.5 Å². The van der Waals surface area contributed by atoms with E-state index in [1.54, 1.807) is 0 Å². The molecule has 2 aliphatic heterocycles. The second-order valence-corrected chi connectivity index (χ2v) is 14.3. The van der Waals surface area contributed by atoms with Crippen LogP contribution in [0.2, 0.25) is 0 Å². The summed E-state index contributed by atoms with van der Waals surface area (Å²) in [6.07, 6.45) is 0. The Balaban J connectivity index is 1.14. The summed E-state index contributed by atoms with van der Waals surface area (Å²) < 4.78 is 0.510. The van der Waals surface area contributed by atoms with Gasteiger partial charge in [0, 0.05) is 28.5 Å². The summed E-state index contributed by atoms with van der Waals surface area (Å²) in [7, 11) is 0. The molecule has 0 saturated carbocycles. The van der Waals surface area contributed by atoms with Crippen LogP contribution < -0.4 is 11.1 Å². The number of thiazole rings is 1. The summed E-state index contributed by atoms with van der Waals surface area (Å²) in [5.41, 5.74) is 6.78. The number of amides is 2. The molecular weight excluding hydrogens is 707 g/mol. The van der Waals surface area contributed by atoms with Crippen molar-refractivity contribution in [3.05, 3.63) is 64.3 Å². The molecule has 0 unspecified atom stereocenters. The van der Waals surface area contributed by atoms with Crippen LogP contribution in [0.25, 0.3) is 10.6 Å². The predicted molar refractivity (Wildman–Crippen MR) is 177 cm³/mol. The first-order valence-electron chi connectivity index (χ1n) is 13.6. The van der Waals surface area contributed by atoms with Crippen LogP contribution in [-0.2, 0) is 25.8 Å². The monoisotopic (exact) mass is 729 g/mol. The van der Waals surface area contributed by atoms with Gasteiger partial charge in [0.1, 0.15) is 45.9 Å². The molecule has 1 fully saturated rings. The van der Waals surface area contributed by atoms with Crippen molar-refractivity contribution in [2.45, 2.75) is 22.4 Å². The molecule has 4 aromatic rings. The summed E-state index contributed by atoms with van der Waals surface area (Å²) in [4.78, 5) is 49.6. The number of aromatic nitrogens is 3. The van der Waals surface area contributed by atoms with E-state index in [-0.39, 0.29) is 63.3 Å². The first-order chi connectivity index (χ1) is 23.0. The molecule has 48 heavy (non-hydrogen) atoms.